The average Bonchev–Trinajstić information content (AvgIpc) is 3.34. The summed E-state index contributed by atoms with van der Waals surface area (Å²) in [6.07, 6.45) is 0.950. The van der Waals surface area contributed by atoms with Crippen molar-refractivity contribution in [3.63, 3.8) is 0 Å². The smallest absolute Gasteiger partial charge is 0.407 e. The van der Waals surface area contributed by atoms with E-state index in [4.69, 9.17) is 14.6 Å². The van der Waals surface area contributed by atoms with Gasteiger partial charge in [0.2, 0.25) is 5.91 Å². The number of carboxylic acid groups (broad SMARTS) is 1. The number of rotatable bonds is 11. The van der Waals surface area contributed by atoms with Crippen LogP contribution in [0.4, 0.5) is 4.79 Å². The second-order valence-electron chi connectivity index (χ2n) is 11.2. The van der Waals surface area contributed by atoms with Crippen LogP contribution in [0.25, 0.3) is 11.1 Å². The van der Waals surface area contributed by atoms with Crippen LogP contribution in [-0.2, 0) is 25.7 Å². The number of hydrogen-bond acceptors (Lipinski definition) is 5. The fourth-order valence-electron chi connectivity index (χ4n) is 6.07. The van der Waals surface area contributed by atoms with Crippen molar-refractivity contribution in [3.05, 3.63) is 95.6 Å². The molecule has 5 rings (SSSR count). The summed E-state index contributed by atoms with van der Waals surface area (Å²) >= 11 is 0. The molecule has 0 saturated carbocycles. The van der Waals surface area contributed by atoms with E-state index in [0.717, 1.165) is 40.7 Å². The first-order valence-corrected chi connectivity index (χ1v) is 14.7. The molecule has 2 aliphatic rings. The van der Waals surface area contributed by atoms with Crippen molar-refractivity contribution in [2.24, 2.45) is 5.92 Å². The van der Waals surface area contributed by atoms with Crippen LogP contribution in [-0.4, -0.2) is 59.8 Å². The van der Waals surface area contributed by atoms with Crippen LogP contribution in [0.15, 0.2) is 78.9 Å². The highest BCUT2D eigenvalue weighted by Crippen LogP contribution is 2.44. The SMILES string of the molecule is CC(OCc1ccccc1)C(NC(=O)OCC1c2ccccc2-c2ccccc21)C(=O)N1CCCC(CCC(=O)O)C1. The van der Waals surface area contributed by atoms with Crippen LogP contribution in [0.5, 0.6) is 0 Å². The lowest BCUT2D eigenvalue weighted by Crippen LogP contribution is -2.56. The Kier molecular flexibility index (Phi) is 9.54. The molecule has 1 saturated heterocycles. The van der Waals surface area contributed by atoms with Gasteiger partial charge in [-0.3, -0.25) is 9.59 Å². The fraction of sp³-hybridized carbons (Fsp3) is 0.382. The van der Waals surface area contributed by atoms with Gasteiger partial charge >= 0.3 is 12.1 Å². The average molecular weight is 571 g/mol. The number of likely N-dealkylation sites (tertiary alicyclic amines) is 1. The van der Waals surface area contributed by atoms with Crippen molar-refractivity contribution in [2.45, 2.75) is 57.3 Å². The number of hydrogen-bond donors (Lipinski definition) is 2. The first-order chi connectivity index (χ1) is 20.4. The molecule has 2 amide bonds. The Labute approximate surface area is 246 Å². The first kappa shape index (κ1) is 29.3. The van der Waals surface area contributed by atoms with E-state index in [1.165, 1.54) is 0 Å². The van der Waals surface area contributed by atoms with Gasteiger partial charge in [0, 0.05) is 25.4 Å². The van der Waals surface area contributed by atoms with Gasteiger partial charge in [0.15, 0.2) is 0 Å². The maximum Gasteiger partial charge on any atom is 0.407 e. The van der Waals surface area contributed by atoms with Gasteiger partial charge in [-0.1, -0.05) is 78.9 Å². The lowest BCUT2D eigenvalue weighted by molar-refractivity contribution is -0.139. The predicted molar refractivity (Wildman–Crippen MR) is 159 cm³/mol. The highest BCUT2D eigenvalue weighted by Gasteiger charge is 2.35. The van der Waals surface area contributed by atoms with Crippen LogP contribution in [0, 0.1) is 5.92 Å². The molecule has 3 atom stereocenters. The molecule has 1 aliphatic heterocycles. The number of carbonyl (C=O) groups excluding carboxylic acids is 2. The molecular formula is C34H38N2O6. The Morgan fingerprint density at radius 1 is 0.952 bits per heavy atom. The fourth-order valence-corrected chi connectivity index (χ4v) is 6.07. The normalized spacial score (nSPS) is 17.5. The van der Waals surface area contributed by atoms with Gasteiger partial charge in [-0.25, -0.2) is 4.79 Å². The molecule has 1 heterocycles. The number of ether oxygens (including phenoxy) is 2. The molecule has 8 heteroatoms. The summed E-state index contributed by atoms with van der Waals surface area (Å²) in [4.78, 5) is 39.9. The van der Waals surface area contributed by atoms with Gasteiger partial charge in [0.05, 0.1) is 12.7 Å². The highest BCUT2D eigenvalue weighted by molar-refractivity contribution is 5.86. The minimum atomic E-state index is -0.956. The van der Waals surface area contributed by atoms with Crippen molar-refractivity contribution < 1.29 is 29.0 Å². The van der Waals surface area contributed by atoms with E-state index < -0.39 is 24.2 Å². The quantitative estimate of drug-likeness (QED) is 0.311. The van der Waals surface area contributed by atoms with Gasteiger partial charge in [0.25, 0.3) is 0 Å². The number of carbonyl (C=O) groups is 3. The van der Waals surface area contributed by atoms with E-state index in [0.29, 0.717) is 26.1 Å². The molecule has 3 unspecified atom stereocenters. The summed E-state index contributed by atoms with van der Waals surface area (Å²) in [5, 5.41) is 11.9. The Balaban J connectivity index is 1.27. The number of carboxylic acids is 1. The molecule has 42 heavy (non-hydrogen) atoms. The Morgan fingerprint density at radius 2 is 1.60 bits per heavy atom. The minimum absolute atomic E-state index is 0.0741. The van der Waals surface area contributed by atoms with Crippen molar-refractivity contribution in [1.29, 1.82) is 0 Å². The number of piperidine rings is 1. The lowest BCUT2D eigenvalue weighted by atomic mass is 9.92. The van der Waals surface area contributed by atoms with Crippen molar-refractivity contribution in [3.8, 4) is 11.1 Å². The van der Waals surface area contributed by atoms with Crippen LogP contribution >= 0.6 is 0 Å². The number of nitrogens with one attached hydrogen (secondary N) is 1. The zero-order chi connectivity index (χ0) is 29.5. The van der Waals surface area contributed by atoms with E-state index >= 15 is 0 Å². The van der Waals surface area contributed by atoms with Crippen molar-refractivity contribution in [2.75, 3.05) is 19.7 Å². The van der Waals surface area contributed by atoms with E-state index in [2.05, 4.69) is 29.6 Å². The number of nitrogens with zero attached hydrogens (tertiary/aromatic N) is 1. The molecule has 3 aromatic carbocycles. The van der Waals surface area contributed by atoms with Gasteiger partial charge in [-0.2, -0.15) is 0 Å². The third kappa shape index (κ3) is 6.99. The maximum atomic E-state index is 13.8. The Bertz CT molecular complexity index is 1350. The topological polar surface area (TPSA) is 105 Å². The number of alkyl carbamates (subject to hydrolysis) is 1. The number of aliphatic carboxylic acids is 1. The van der Waals surface area contributed by atoms with Crippen LogP contribution in [0.3, 0.4) is 0 Å². The summed E-state index contributed by atoms with van der Waals surface area (Å²) in [6, 6.07) is 25.0. The van der Waals surface area contributed by atoms with Crippen LogP contribution in [0.1, 0.15) is 55.2 Å². The van der Waals surface area contributed by atoms with E-state index in [9.17, 15) is 14.4 Å². The minimum Gasteiger partial charge on any atom is -0.481 e. The Hall–Kier alpha value is -4.17. The summed E-state index contributed by atoms with van der Waals surface area (Å²) < 4.78 is 11.8. The number of amides is 2. The van der Waals surface area contributed by atoms with Gasteiger partial charge in [-0.05, 0) is 59.9 Å². The van der Waals surface area contributed by atoms with Crippen molar-refractivity contribution >= 4 is 18.0 Å². The first-order valence-electron chi connectivity index (χ1n) is 14.7. The molecule has 8 nitrogen and oxygen atoms in total. The third-order valence-corrected chi connectivity index (χ3v) is 8.31. The summed E-state index contributed by atoms with van der Waals surface area (Å²) in [5.41, 5.74) is 5.46. The maximum absolute atomic E-state index is 13.8. The lowest BCUT2D eigenvalue weighted by Gasteiger charge is -2.36. The Morgan fingerprint density at radius 3 is 2.26 bits per heavy atom. The van der Waals surface area contributed by atoms with Crippen molar-refractivity contribution in [1.82, 2.24) is 10.2 Å². The van der Waals surface area contributed by atoms with E-state index in [1.54, 1.807) is 11.8 Å². The largest absolute Gasteiger partial charge is 0.481 e. The third-order valence-electron chi connectivity index (χ3n) is 8.31. The number of fused-ring (bicyclic) bond motifs is 3. The molecule has 3 aromatic rings. The molecule has 1 aliphatic carbocycles. The van der Waals surface area contributed by atoms with Gasteiger partial charge in [0.1, 0.15) is 12.6 Å². The molecule has 2 N–H and O–H groups in total. The molecule has 1 fully saturated rings. The second kappa shape index (κ2) is 13.7. The number of benzene rings is 3. The van der Waals surface area contributed by atoms with Gasteiger partial charge < -0.3 is 24.8 Å². The summed E-state index contributed by atoms with van der Waals surface area (Å²) in [7, 11) is 0. The monoisotopic (exact) mass is 570 g/mol. The standard InChI is InChI=1S/C34H38N2O6/c1-23(41-21-25-10-3-2-4-11-25)32(33(39)36-19-9-12-24(20-36)17-18-31(37)38)35-34(40)42-22-30-28-15-7-5-13-26(28)27-14-6-8-16-29(27)30/h2-8,10-11,13-16,23-24,30,32H,9,12,17-22H2,1H3,(H,35,40)(H,37,38). The second-order valence-corrected chi connectivity index (χ2v) is 11.2. The predicted octanol–water partition coefficient (Wildman–Crippen LogP) is 5.60. The highest BCUT2D eigenvalue weighted by atomic mass is 16.5. The molecule has 0 bridgehead atoms. The zero-order valence-corrected chi connectivity index (χ0v) is 23.9. The molecule has 0 aromatic heterocycles. The zero-order valence-electron chi connectivity index (χ0n) is 23.9. The molecular weight excluding hydrogens is 532 g/mol. The summed E-state index contributed by atoms with van der Waals surface area (Å²) in [6.45, 7) is 3.22. The molecule has 0 spiro atoms. The van der Waals surface area contributed by atoms with Crippen LogP contribution in [0.2, 0.25) is 0 Å². The van der Waals surface area contributed by atoms with Crippen LogP contribution < -0.4 is 5.32 Å². The van der Waals surface area contributed by atoms with E-state index in [-0.39, 0.29) is 30.8 Å². The summed E-state index contributed by atoms with van der Waals surface area (Å²) in [5.74, 6) is -1.07. The molecule has 0 radical (unpaired) electrons. The van der Waals surface area contributed by atoms with Gasteiger partial charge in [-0.15, -0.1) is 0 Å². The molecule has 220 valence electrons. The van der Waals surface area contributed by atoms with E-state index in [1.807, 2.05) is 54.6 Å².